The molecule has 0 radical (unpaired) electrons. The fraction of sp³-hybridized carbons (Fsp3) is 0.333. The van der Waals surface area contributed by atoms with Gasteiger partial charge in [0, 0.05) is 28.2 Å². The summed E-state index contributed by atoms with van der Waals surface area (Å²) in [7, 11) is -3.94. The first-order valence-electron chi connectivity index (χ1n) is 10.0. The number of benzene rings is 1. The standard InChI is InChI=1S/C21H22FIN4O4S2/c1-21(2,3)31-20(28)25-13-10-27(11-13)33(29,30)17-14-5-4-8-24-18(14)32-19(17)26-16-7-6-12(23)9-15(16)22/h4-9,13,26H,10-11H2,1-3H3,(H,25,28). The molecule has 33 heavy (non-hydrogen) atoms. The van der Waals surface area contributed by atoms with Crippen LogP contribution in [0.1, 0.15) is 20.8 Å². The summed E-state index contributed by atoms with van der Waals surface area (Å²) in [5.41, 5.74) is -0.473. The van der Waals surface area contributed by atoms with Gasteiger partial charge in [-0.2, -0.15) is 4.31 Å². The second-order valence-corrected chi connectivity index (χ2v) is 12.7. The van der Waals surface area contributed by atoms with E-state index in [9.17, 15) is 17.6 Å². The SMILES string of the molecule is CC(C)(C)OC(=O)NC1CN(S(=O)(=O)c2c(Nc3ccc(I)cc3F)sc3ncccc23)C1. The van der Waals surface area contributed by atoms with Crippen molar-refractivity contribution in [1.82, 2.24) is 14.6 Å². The zero-order chi connectivity index (χ0) is 24.0. The van der Waals surface area contributed by atoms with Crippen molar-refractivity contribution in [3.8, 4) is 0 Å². The van der Waals surface area contributed by atoms with Crippen LogP contribution in [0.3, 0.4) is 0 Å². The number of anilines is 2. The number of fused-ring (bicyclic) bond motifs is 1. The lowest BCUT2D eigenvalue weighted by molar-refractivity contribution is 0.0459. The van der Waals surface area contributed by atoms with E-state index in [1.165, 1.54) is 10.4 Å². The maximum Gasteiger partial charge on any atom is 0.407 e. The average molecular weight is 604 g/mol. The molecule has 1 aromatic carbocycles. The van der Waals surface area contributed by atoms with Crippen LogP contribution in [0.5, 0.6) is 0 Å². The quantitative estimate of drug-likeness (QED) is 0.411. The normalized spacial score (nSPS) is 15.3. The van der Waals surface area contributed by atoms with Gasteiger partial charge in [-0.1, -0.05) is 11.3 Å². The van der Waals surface area contributed by atoms with Gasteiger partial charge in [-0.15, -0.1) is 0 Å². The highest BCUT2D eigenvalue weighted by Gasteiger charge is 2.41. The molecule has 1 aliphatic heterocycles. The van der Waals surface area contributed by atoms with Crippen LogP contribution in [0.4, 0.5) is 19.9 Å². The fourth-order valence-corrected chi connectivity index (χ4v) is 6.94. The molecular formula is C21H22FIN4O4S2. The van der Waals surface area contributed by atoms with E-state index in [0.717, 1.165) is 14.9 Å². The predicted octanol–water partition coefficient (Wildman–Crippen LogP) is 4.68. The van der Waals surface area contributed by atoms with E-state index in [4.69, 9.17) is 4.74 Å². The van der Waals surface area contributed by atoms with Crippen LogP contribution in [0, 0.1) is 9.39 Å². The summed E-state index contributed by atoms with van der Waals surface area (Å²) >= 11 is 3.15. The first-order chi connectivity index (χ1) is 15.4. The van der Waals surface area contributed by atoms with Gasteiger partial charge in [0.05, 0.1) is 11.7 Å². The molecule has 12 heteroatoms. The molecule has 4 rings (SSSR count). The molecule has 3 heterocycles. The molecule has 1 aliphatic rings. The van der Waals surface area contributed by atoms with Crippen molar-refractivity contribution in [3.05, 3.63) is 45.9 Å². The zero-order valence-corrected chi connectivity index (χ0v) is 21.8. The number of sulfonamides is 1. The largest absolute Gasteiger partial charge is 0.444 e. The molecule has 3 aromatic rings. The van der Waals surface area contributed by atoms with Gasteiger partial charge in [-0.3, -0.25) is 0 Å². The molecule has 0 saturated carbocycles. The minimum absolute atomic E-state index is 0.0456. The topological polar surface area (TPSA) is 101 Å². The first kappa shape index (κ1) is 24.1. The van der Waals surface area contributed by atoms with E-state index < -0.39 is 27.5 Å². The predicted molar refractivity (Wildman–Crippen MR) is 134 cm³/mol. The molecule has 1 fully saturated rings. The molecule has 0 bridgehead atoms. The van der Waals surface area contributed by atoms with Gasteiger partial charge < -0.3 is 15.4 Å². The minimum Gasteiger partial charge on any atom is -0.444 e. The van der Waals surface area contributed by atoms with Gasteiger partial charge in [-0.25, -0.2) is 22.6 Å². The highest BCUT2D eigenvalue weighted by Crippen LogP contribution is 2.42. The molecule has 1 amide bonds. The van der Waals surface area contributed by atoms with Crippen molar-refractivity contribution in [3.63, 3.8) is 0 Å². The van der Waals surface area contributed by atoms with Crippen LogP contribution >= 0.6 is 33.9 Å². The summed E-state index contributed by atoms with van der Waals surface area (Å²) in [5, 5.41) is 6.36. The second kappa shape index (κ2) is 8.96. The summed E-state index contributed by atoms with van der Waals surface area (Å²) in [5.74, 6) is -0.485. The maximum atomic E-state index is 14.5. The summed E-state index contributed by atoms with van der Waals surface area (Å²) in [6.07, 6.45) is 0.987. The fourth-order valence-electron chi connectivity index (χ4n) is 3.29. The van der Waals surface area contributed by atoms with Crippen molar-refractivity contribution in [2.45, 2.75) is 37.3 Å². The van der Waals surface area contributed by atoms with E-state index in [-0.39, 0.29) is 34.7 Å². The van der Waals surface area contributed by atoms with Gasteiger partial charge >= 0.3 is 6.09 Å². The second-order valence-electron chi connectivity index (χ2n) is 8.53. The summed E-state index contributed by atoms with van der Waals surface area (Å²) in [6.45, 7) is 5.48. The number of aromatic nitrogens is 1. The van der Waals surface area contributed by atoms with Crippen molar-refractivity contribution in [2.75, 3.05) is 18.4 Å². The number of hydrogen-bond donors (Lipinski definition) is 2. The Morgan fingerprint density at radius 3 is 2.70 bits per heavy atom. The van der Waals surface area contributed by atoms with Crippen molar-refractivity contribution in [1.29, 1.82) is 0 Å². The third-order valence-corrected chi connectivity index (χ3v) is 8.51. The maximum absolute atomic E-state index is 14.5. The summed E-state index contributed by atoms with van der Waals surface area (Å²) in [6, 6.07) is 7.64. The van der Waals surface area contributed by atoms with Gasteiger partial charge in [0.1, 0.15) is 26.1 Å². The number of alkyl carbamates (subject to hydrolysis) is 1. The Bertz CT molecular complexity index is 1320. The van der Waals surface area contributed by atoms with Crippen LogP contribution in [0.15, 0.2) is 41.4 Å². The molecule has 0 unspecified atom stereocenters. The Labute approximate surface area is 208 Å². The van der Waals surface area contributed by atoms with E-state index in [0.29, 0.717) is 10.2 Å². The zero-order valence-electron chi connectivity index (χ0n) is 18.1. The number of carbonyl (C=O) groups excluding carboxylic acids is 1. The number of nitrogens with zero attached hydrogens (tertiary/aromatic N) is 2. The van der Waals surface area contributed by atoms with E-state index in [1.807, 2.05) is 22.6 Å². The van der Waals surface area contributed by atoms with E-state index in [1.54, 1.807) is 51.2 Å². The van der Waals surface area contributed by atoms with E-state index >= 15 is 0 Å². The highest BCUT2D eigenvalue weighted by molar-refractivity contribution is 14.1. The number of halogens is 2. The Kier molecular flexibility index (Phi) is 6.55. The minimum atomic E-state index is -3.94. The molecule has 2 aromatic heterocycles. The van der Waals surface area contributed by atoms with Gasteiger partial charge in [0.15, 0.2) is 0 Å². The Hall–Kier alpha value is -2.03. The van der Waals surface area contributed by atoms with Crippen LogP contribution in [0.25, 0.3) is 10.2 Å². The number of thiophene rings is 1. The smallest absolute Gasteiger partial charge is 0.407 e. The molecule has 0 spiro atoms. The molecular weight excluding hydrogens is 582 g/mol. The van der Waals surface area contributed by atoms with Crippen LogP contribution < -0.4 is 10.6 Å². The Balaban J connectivity index is 1.59. The third-order valence-electron chi connectivity index (χ3n) is 4.77. The molecule has 176 valence electrons. The van der Waals surface area contributed by atoms with Gasteiger partial charge in [-0.05, 0) is 73.7 Å². The lowest BCUT2D eigenvalue weighted by Crippen LogP contribution is -2.61. The van der Waals surface area contributed by atoms with Crippen molar-refractivity contribution >= 4 is 70.9 Å². The Morgan fingerprint density at radius 2 is 2.03 bits per heavy atom. The van der Waals surface area contributed by atoms with Crippen molar-refractivity contribution in [2.24, 2.45) is 0 Å². The molecule has 0 atom stereocenters. The number of pyridine rings is 1. The van der Waals surface area contributed by atoms with Crippen molar-refractivity contribution < 1.29 is 22.3 Å². The number of amides is 1. The number of nitrogens with one attached hydrogen (secondary N) is 2. The summed E-state index contributed by atoms with van der Waals surface area (Å²) < 4.78 is 48.7. The Morgan fingerprint density at radius 1 is 1.30 bits per heavy atom. The molecule has 1 saturated heterocycles. The molecule has 0 aliphatic carbocycles. The van der Waals surface area contributed by atoms with Crippen LogP contribution in [0.2, 0.25) is 0 Å². The lowest BCUT2D eigenvalue weighted by atomic mass is 10.2. The summed E-state index contributed by atoms with van der Waals surface area (Å²) in [4.78, 5) is 16.8. The number of hydrogen-bond acceptors (Lipinski definition) is 7. The van der Waals surface area contributed by atoms with Crippen LogP contribution in [-0.4, -0.2) is 48.5 Å². The number of rotatable bonds is 5. The van der Waals surface area contributed by atoms with E-state index in [2.05, 4.69) is 15.6 Å². The highest BCUT2D eigenvalue weighted by atomic mass is 127. The lowest BCUT2D eigenvalue weighted by Gasteiger charge is -2.38. The monoisotopic (exact) mass is 604 g/mol. The molecule has 8 nitrogen and oxygen atoms in total. The average Bonchev–Trinajstić information content (AvgIpc) is 3.03. The van der Waals surface area contributed by atoms with Gasteiger partial charge in [0.25, 0.3) is 0 Å². The van der Waals surface area contributed by atoms with Crippen LogP contribution in [-0.2, 0) is 14.8 Å². The number of carbonyl (C=O) groups is 1. The van der Waals surface area contributed by atoms with Gasteiger partial charge in [0.2, 0.25) is 10.0 Å². The molecule has 2 N–H and O–H groups in total. The number of ether oxygens (including phenoxy) is 1. The third kappa shape index (κ3) is 5.23. The first-order valence-corrected chi connectivity index (χ1v) is 13.4.